The third-order valence-electron chi connectivity index (χ3n) is 3.65. The monoisotopic (exact) mass is 348 g/mol. The van der Waals surface area contributed by atoms with Crippen LogP contribution in [0.4, 0.5) is 0 Å². The summed E-state index contributed by atoms with van der Waals surface area (Å²) in [5.41, 5.74) is 5.10. The molecule has 0 saturated heterocycles. The quantitative estimate of drug-likeness (QED) is 0.521. The van der Waals surface area contributed by atoms with E-state index in [0.717, 1.165) is 22.3 Å². The number of allylic oxidation sites excluding steroid dienone is 1. The molecular formula is C21H20N2O3. The fraction of sp³-hybridized carbons (Fsp3) is 0.143. The van der Waals surface area contributed by atoms with Gasteiger partial charge in [0.2, 0.25) is 0 Å². The van der Waals surface area contributed by atoms with Gasteiger partial charge in [-0.1, -0.05) is 36.4 Å². The van der Waals surface area contributed by atoms with E-state index >= 15 is 0 Å². The average Bonchev–Trinajstić information content (AvgIpc) is 3.06. The highest BCUT2D eigenvalue weighted by Crippen LogP contribution is 2.24. The molecule has 5 heteroatoms. The summed E-state index contributed by atoms with van der Waals surface area (Å²) in [7, 11) is 0. The summed E-state index contributed by atoms with van der Waals surface area (Å²) in [5, 5.41) is 4.79. The van der Waals surface area contributed by atoms with E-state index < -0.39 is 5.91 Å². The first-order valence-electron chi connectivity index (χ1n) is 8.39. The highest BCUT2D eigenvalue weighted by atomic mass is 16.5. The number of nitrogens with zero attached hydrogens (tertiary/aromatic N) is 1. The molecule has 26 heavy (non-hydrogen) atoms. The van der Waals surface area contributed by atoms with Crippen LogP contribution in [0.15, 0.2) is 69.7 Å². The zero-order chi connectivity index (χ0) is 18.4. The number of fused-ring (bicyclic) bond motifs is 1. The molecule has 1 aromatic heterocycles. The van der Waals surface area contributed by atoms with Gasteiger partial charge in [0.25, 0.3) is 0 Å². The first-order valence-corrected chi connectivity index (χ1v) is 8.39. The Morgan fingerprint density at radius 2 is 2.00 bits per heavy atom. The van der Waals surface area contributed by atoms with Gasteiger partial charge in [0.05, 0.1) is 12.8 Å². The Morgan fingerprint density at radius 1 is 1.19 bits per heavy atom. The van der Waals surface area contributed by atoms with E-state index in [1.54, 1.807) is 18.3 Å². The molecule has 132 valence electrons. The van der Waals surface area contributed by atoms with Crippen molar-refractivity contribution in [2.24, 2.45) is 5.10 Å². The van der Waals surface area contributed by atoms with Crippen LogP contribution in [0.5, 0.6) is 5.75 Å². The Kier molecular flexibility index (Phi) is 5.49. The minimum absolute atomic E-state index is 0.204. The molecule has 0 aliphatic carbocycles. The number of amides is 1. The molecule has 0 atom stereocenters. The zero-order valence-corrected chi connectivity index (χ0v) is 14.7. The lowest BCUT2D eigenvalue weighted by molar-refractivity contribution is 0.0929. The van der Waals surface area contributed by atoms with E-state index in [1.807, 2.05) is 62.4 Å². The summed E-state index contributed by atoms with van der Waals surface area (Å²) in [6, 6.07) is 17.0. The Hall–Kier alpha value is -3.34. The lowest BCUT2D eigenvalue weighted by Gasteiger charge is -2.00. The zero-order valence-electron chi connectivity index (χ0n) is 14.7. The number of nitrogens with one attached hydrogen (secondary N) is 1. The van der Waals surface area contributed by atoms with Gasteiger partial charge in [-0.15, -0.1) is 0 Å². The van der Waals surface area contributed by atoms with Crippen LogP contribution >= 0.6 is 0 Å². The van der Waals surface area contributed by atoms with Crippen molar-refractivity contribution in [2.75, 3.05) is 6.61 Å². The minimum atomic E-state index is -0.400. The smallest absolute Gasteiger partial charge is 0.307 e. The first-order chi connectivity index (χ1) is 12.7. The number of hydrogen-bond donors (Lipinski definition) is 1. The Labute approximate surface area is 152 Å². The minimum Gasteiger partial charge on any atom is -0.494 e. The van der Waals surface area contributed by atoms with E-state index in [1.165, 1.54) is 0 Å². The maximum absolute atomic E-state index is 12.2. The molecule has 3 aromatic rings. The molecule has 0 spiro atoms. The standard InChI is InChI=1S/C21H20N2O3/c1-3-25-18-9-10-19-17(12-18)13-20(26-19)21(24)23-22-14-15(2)11-16-7-5-4-6-8-16/h4-14H,3H2,1-2H3,(H,23,24). The van der Waals surface area contributed by atoms with E-state index in [9.17, 15) is 4.79 Å². The van der Waals surface area contributed by atoms with Gasteiger partial charge in [0.1, 0.15) is 11.3 Å². The lowest BCUT2D eigenvalue weighted by atomic mass is 10.1. The van der Waals surface area contributed by atoms with E-state index in [-0.39, 0.29) is 5.76 Å². The highest BCUT2D eigenvalue weighted by Gasteiger charge is 2.12. The van der Waals surface area contributed by atoms with Crippen LogP contribution in [-0.4, -0.2) is 18.7 Å². The van der Waals surface area contributed by atoms with Crippen LogP contribution in [0.2, 0.25) is 0 Å². The second-order valence-electron chi connectivity index (χ2n) is 5.74. The van der Waals surface area contributed by atoms with Crippen LogP contribution in [0.3, 0.4) is 0 Å². The summed E-state index contributed by atoms with van der Waals surface area (Å²) >= 11 is 0. The Balaban J connectivity index is 1.66. The number of benzene rings is 2. The van der Waals surface area contributed by atoms with Crippen molar-refractivity contribution in [1.29, 1.82) is 0 Å². The average molecular weight is 348 g/mol. The molecule has 2 aromatic carbocycles. The molecule has 0 fully saturated rings. The lowest BCUT2D eigenvalue weighted by Crippen LogP contribution is -2.16. The number of rotatable bonds is 6. The second kappa shape index (κ2) is 8.16. The number of furan rings is 1. The molecule has 0 bridgehead atoms. The topological polar surface area (TPSA) is 63.8 Å². The van der Waals surface area contributed by atoms with Gasteiger partial charge in [0.15, 0.2) is 5.76 Å². The van der Waals surface area contributed by atoms with Crippen LogP contribution in [0.1, 0.15) is 30.0 Å². The van der Waals surface area contributed by atoms with Gasteiger partial charge in [-0.2, -0.15) is 5.10 Å². The van der Waals surface area contributed by atoms with E-state index in [2.05, 4.69) is 10.5 Å². The molecule has 1 amide bonds. The van der Waals surface area contributed by atoms with Crippen LogP contribution in [0.25, 0.3) is 17.0 Å². The largest absolute Gasteiger partial charge is 0.494 e. The third-order valence-corrected chi connectivity index (χ3v) is 3.65. The molecular weight excluding hydrogens is 328 g/mol. The van der Waals surface area contributed by atoms with Crippen molar-refractivity contribution < 1.29 is 13.9 Å². The maximum atomic E-state index is 12.2. The molecule has 5 nitrogen and oxygen atoms in total. The van der Waals surface area contributed by atoms with Crippen molar-refractivity contribution in [1.82, 2.24) is 5.43 Å². The van der Waals surface area contributed by atoms with E-state index in [0.29, 0.717) is 12.2 Å². The van der Waals surface area contributed by atoms with Crippen molar-refractivity contribution in [2.45, 2.75) is 13.8 Å². The third kappa shape index (κ3) is 4.39. The normalized spacial score (nSPS) is 11.8. The molecule has 3 rings (SSSR count). The summed E-state index contributed by atoms with van der Waals surface area (Å²) in [5.74, 6) is 0.547. The van der Waals surface area contributed by atoms with Crippen molar-refractivity contribution >= 4 is 29.2 Å². The molecule has 1 N–H and O–H groups in total. The van der Waals surface area contributed by atoms with Gasteiger partial charge < -0.3 is 9.15 Å². The summed E-state index contributed by atoms with van der Waals surface area (Å²) in [6.45, 7) is 4.42. The van der Waals surface area contributed by atoms with Gasteiger partial charge in [-0.25, -0.2) is 5.43 Å². The molecule has 0 aliphatic rings. The summed E-state index contributed by atoms with van der Waals surface area (Å²) < 4.78 is 11.0. The SMILES string of the molecule is CCOc1ccc2oc(C(=O)NN=CC(C)=Cc3ccccc3)cc2c1. The van der Waals surface area contributed by atoms with Gasteiger partial charge in [0, 0.05) is 5.39 Å². The van der Waals surface area contributed by atoms with Crippen molar-refractivity contribution in [3.05, 3.63) is 71.5 Å². The summed E-state index contributed by atoms with van der Waals surface area (Å²) in [6.07, 6.45) is 3.58. The molecule has 0 saturated carbocycles. The van der Waals surface area contributed by atoms with Gasteiger partial charge >= 0.3 is 5.91 Å². The maximum Gasteiger partial charge on any atom is 0.307 e. The molecule has 0 unspecified atom stereocenters. The summed E-state index contributed by atoms with van der Waals surface area (Å²) in [4.78, 5) is 12.2. The molecule has 0 radical (unpaired) electrons. The Bertz CT molecular complexity index is 956. The highest BCUT2D eigenvalue weighted by molar-refractivity contribution is 5.97. The van der Waals surface area contributed by atoms with Crippen LogP contribution in [0, 0.1) is 0 Å². The second-order valence-corrected chi connectivity index (χ2v) is 5.74. The number of hydrogen-bond acceptors (Lipinski definition) is 4. The van der Waals surface area contributed by atoms with E-state index in [4.69, 9.17) is 9.15 Å². The van der Waals surface area contributed by atoms with Crippen LogP contribution in [-0.2, 0) is 0 Å². The van der Waals surface area contributed by atoms with Gasteiger partial charge in [-0.05, 0) is 49.2 Å². The number of ether oxygens (including phenoxy) is 1. The number of carbonyl (C=O) groups is 1. The van der Waals surface area contributed by atoms with Crippen molar-refractivity contribution in [3.63, 3.8) is 0 Å². The number of hydrazone groups is 1. The molecule has 1 heterocycles. The first kappa shape index (κ1) is 17.5. The predicted octanol–water partition coefficient (Wildman–Crippen LogP) is 4.65. The van der Waals surface area contributed by atoms with Crippen molar-refractivity contribution in [3.8, 4) is 5.75 Å². The van der Waals surface area contributed by atoms with Crippen LogP contribution < -0.4 is 10.2 Å². The molecule has 0 aliphatic heterocycles. The van der Waals surface area contributed by atoms with Gasteiger partial charge in [-0.3, -0.25) is 4.79 Å². The number of carbonyl (C=O) groups excluding carboxylic acids is 1. The predicted molar refractivity (Wildman–Crippen MR) is 103 cm³/mol. The Morgan fingerprint density at radius 3 is 2.77 bits per heavy atom. The fourth-order valence-corrected chi connectivity index (χ4v) is 2.49. The fourth-order valence-electron chi connectivity index (χ4n) is 2.49.